The van der Waals surface area contributed by atoms with E-state index in [9.17, 15) is 18.0 Å². The van der Waals surface area contributed by atoms with Crippen molar-refractivity contribution in [3.8, 4) is 34.0 Å². The van der Waals surface area contributed by atoms with Crippen molar-refractivity contribution in [3.63, 3.8) is 0 Å². The third-order valence-corrected chi connectivity index (χ3v) is 6.14. The van der Waals surface area contributed by atoms with Crippen molar-refractivity contribution in [1.29, 1.82) is 0 Å². The number of hydrogen-bond acceptors (Lipinski definition) is 4. The molecule has 1 aromatic heterocycles. The minimum atomic E-state index is -4.57. The van der Waals surface area contributed by atoms with Gasteiger partial charge in [-0.15, -0.1) is 0 Å². The summed E-state index contributed by atoms with van der Waals surface area (Å²) in [5.41, 5.74) is 2.41. The number of carboxylic acids is 1. The van der Waals surface area contributed by atoms with Gasteiger partial charge in [0.1, 0.15) is 0 Å². The second-order valence-corrected chi connectivity index (χ2v) is 8.83. The van der Waals surface area contributed by atoms with Crippen LogP contribution >= 0.6 is 0 Å². The molecule has 0 unspecified atom stereocenters. The predicted molar refractivity (Wildman–Crippen MR) is 130 cm³/mol. The van der Waals surface area contributed by atoms with Crippen molar-refractivity contribution < 1.29 is 27.6 Å². The van der Waals surface area contributed by atoms with Crippen LogP contribution in [0.15, 0.2) is 71.3 Å². The molecule has 4 rings (SSSR count). The fourth-order valence-electron chi connectivity index (χ4n) is 4.08. The van der Waals surface area contributed by atoms with Gasteiger partial charge in [-0.1, -0.05) is 60.6 Å². The van der Waals surface area contributed by atoms with Gasteiger partial charge in [-0.25, -0.2) is 0 Å². The molecule has 4 aromatic rings. The Labute approximate surface area is 206 Å². The van der Waals surface area contributed by atoms with Gasteiger partial charge in [0.15, 0.2) is 0 Å². The third-order valence-electron chi connectivity index (χ3n) is 6.14. The lowest BCUT2D eigenvalue weighted by molar-refractivity contribution is -0.141. The zero-order valence-corrected chi connectivity index (χ0v) is 19.8. The van der Waals surface area contributed by atoms with Gasteiger partial charge in [0.25, 0.3) is 5.89 Å². The number of hydrogen-bond donors (Lipinski definition) is 1. The molecule has 8 heteroatoms. The monoisotopic (exact) mass is 494 g/mol. The molecule has 0 aliphatic heterocycles. The van der Waals surface area contributed by atoms with Crippen molar-refractivity contribution in [2.45, 2.75) is 39.3 Å². The van der Waals surface area contributed by atoms with Crippen molar-refractivity contribution in [2.75, 3.05) is 0 Å². The fourth-order valence-corrected chi connectivity index (χ4v) is 4.08. The third kappa shape index (κ3) is 5.64. The number of nitrogens with zero attached hydrogens (tertiary/aromatic N) is 2. The molecule has 186 valence electrons. The summed E-state index contributed by atoms with van der Waals surface area (Å²) < 4.78 is 47.2. The van der Waals surface area contributed by atoms with Crippen LogP contribution in [0, 0.1) is 12.8 Å². The van der Waals surface area contributed by atoms with Gasteiger partial charge in [-0.05, 0) is 66.6 Å². The van der Waals surface area contributed by atoms with Gasteiger partial charge in [0, 0.05) is 11.1 Å². The molecule has 5 nitrogen and oxygen atoms in total. The average molecular weight is 495 g/mol. The zero-order valence-electron chi connectivity index (χ0n) is 19.8. The van der Waals surface area contributed by atoms with E-state index in [1.165, 1.54) is 6.07 Å². The van der Waals surface area contributed by atoms with Crippen LogP contribution < -0.4 is 0 Å². The molecular formula is C28H25F3N2O3. The van der Waals surface area contributed by atoms with Crippen LogP contribution in [0.2, 0.25) is 0 Å². The smallest absolute Gasteiger partial charge is 0.417 e. The average Bonchev–Trinajstić information content (AvgIpc) is 3.34. The number of carbonyl (C=O) groups is 1. The lowest BCUT2D eigenvalue weighted by atomic mass is 9.94. The molecule has 0 aliphatic carbocycles. The number of rotatable bonds is 8. The zero-order chi connectivity index (χ0) is 25.9. The Morgan fingerprint density at radius 3 is 2.50 bits per heavy atom. The first kappa shape index (κ1) is 25.2. The summed E-state index contributed by atoms with van der Waals surface area (Å²) in [5, 5.41) is 13.0. The van der Waals surface area contributed by atoms with Crippen LogP contribution in [-0.4, -0.2) is 21.2 Å². The highest BCUT2D eigenvalue weighted by molar-refractivity contribution is 5.74. The first-order valence-electron chi connectivity index (χ1n) is 11.6. The molecule has 0 fully saturated rings. The predicted octanol–water partition coefficient (Wildman–Crippen LogP) is 7.44. The van der Waals surface area contributed by atoms with E-state index in [1.807, 2.05) is 18.2 Å². The SMILES string of the molecule is Cc1ccccc1-c1ccc(-c2nc(-c3cccc(CCC[C@@H](C)C(=O)O)c3)no2)cc1C(F)(F)F. The molecule has 0 saturated carbocycles. The standard InChI is InChI=1S/C28H25F3N2O3/c1-17-7-3-4-12-22(17)23-14-13-21(16-24(23)28(29,30)31)26-32-25(33-36-26)20-11-6-10-19(15-20)9-5-8-18(2)27(34)35/h3-4,6-7,10-16,18H,5,8-9H2,1-2H3,(H,34,35)/t18-/m1/s1. The van der Waals surface area contributed by atoms with Crippen molar-refractivity contribution in [3.05, 3.63) is 83.4 Å². The van der Waals surface area contributed by atoms with Crippen LogP contribution in [0.5, 0.6) is 0 Å². The molecule has 0 amide bonds. The number of aryl methyl sites for hydroxylation is 2. The molecule has 0 bridgehead atoms. The summed E-state index contributed by atoms with van der Waals surface area (Å²) in [4.78, 5) is 15.3. The van der Waals surface area contributed by atoms with Crippen LogP contribution in [0.4, 0.5) is 13.2 Å². The number of halogens is 3. The maximum absolute atomic E-state index is 14.0. The van der Waals surface area contributed by atoms with E-state index in [0.717, 1.165) is 17.2 Å². The number of aromatic nitrogens is 2. The van der Waals surface area contributed by atoms with E-state index < -0.39 is 23.6 Å². The van der Waals surface area contributed by atoms with Crippen LogP contribution in [0.3, 0.4) is 0 Å². The first-order valence-corrected chi connectivity index (χ1v) is 11.6. The highest BCUT2D eigenvalue weighted by atomic mass is 19.4. The lowest BCUT2D eigenvalue weighted by Crippen LogP contribution is -2.09. The number of alkyl halides is 3. The minimum absolute atomic E-state index is 0.00693. The molecule has 3 aromatic carbocycles. The normalized spacial score (nSPS) is 12.5. The summed E-state index contributed by atoms with van der Waals surface area (Å²) >= 11 is 0. The number of carboxylic acid groups (broad SMARTS) is 1. The van der Waals surface area contributed by atoms with E-state index in [0.29, 0.717) is 30.4 Å². The Balaban J connectivity index is 1.60. The Morgan fingerprint density at radius 2 is 1.78 bits per heavy atom. The van der Waals surface area contributed by atoms with E-state index >= 15 is 0 Å². The second-order valence-electron chi connectivity index (χ2n) is 8.83. The van der Waals surface area contributed by atoms with Gasteiger partial charge in [-0.2, -0.15) is 18.2 Å². The van der Waals surface area contributed by atoms with E-state index in [1.54, 1.807) is 50.2 Å². The van der Waals surface area contributed by atoms with Gasteiger partial charge in [-0.3, -0.25) is 4.79 Å². The maximum atomic E-state index is 14.0. The van der Waals surface area contributed by atoms with Gasteiger partial charge in [0.05, 0.1) is 11.5 Å². The van der Waals surface area contributed by atoms with Crippen molar-refractivity contribution in [1.82, 2.24) is 10.1 Å². The molecule has 1 heterocycles. The maximum Gasteiger partial charge on any atom is 0.417 e. The summed E-state index contributed by atoms with van der Waals surface area (Å²) in [6, 6.07) is 18.4. The molecule has 36 heavy (non-hydrogen) atoms. The fraction of sp³-hybridized carbons (Fsp3) is 0.250. The molecule has 1 atom stereocenters. The van der Waals surface area contributed by atoms with E-state index in [4.69, 9.17) is 9.63 Å². The molecule has 0 spiro atoms. The topological polar surface area (TPSA) is 76.2 Å². The van der Waals surface area contributed by atoms with Gasteiger partial charge < -0.3 is 9.63 Å². The van der Waals surface area contributed by atoms with Crippen LogP contribution in [0.1, 0.15) is 36.5 Å². The molecule has 0 aliphatic rings. The van der Waals surface area contributed by atoms with Gasteiger partial charge >= 0.3 is 12.1 Å². The van der Waals surface area contributed by atoms with Crippen LogP contribution in [-0.2, 0) is 17.4 Å². The summed E-state index contributed by atoms with van der Waals surface area (Å²) in [6.45, 7) is 3.45. The summed E-state index contributed by atoms with van der Waals surface area (Å²) in [6.07, 6.45) is -2.61. The summed E-state index contributed by atoms with van der Waals surface area (Å²) in [7, 11) is 0. The molecule has 1 N–H and O–H groups in total. The number of aliphatic carboxylic acids is 1. The van der Waals surface area contributed by atoms with Crippen molar-refractivity contribution >= 4 is 5.97 Å². The highest BCUT2D eigenvalue weighted by Gasteiger charge is 2.34. The largest absolute Gasteiger partial charge is 0.481 e. The summed E-state index contributed by atoms with van der Waals surface area (Å²) in [5.74, 6) is -0.967. The highest BCUT2D eigenvalue weighted by Crippen LogP contribution is 2.40. The Kier molecular flexibility index (Phi) is 7.24. The van der Waals surface area contributed by atoms with Gasteiger partial charge in [0.2, 0.25) is 5.82 Å². The lowest BCUT2D eigenvalue weighted by Gasteiger charge is -2.15. The number of benzene rings is 3. The Morgan fingerprint density at radius 1 is 1.00 bits per heavy atom. The van der Waals surface area contributed by atoms with Crippen LogP contribution in [0.25, 0.3) is 34.0 Å². The Bertz CT molecular complexity index is 1380. The quantitative estimate of drug-likeness (QED) is 0.275. The first-order chi connectivity index (χ1) is 17.1. The molecule has 0 saturated heterocycles. The Hall–Kier alpha value is -3.94. The van der Waals surface area contributed by atoms with Crippen molar-refractivity contribution in [2.24, 2.45) is 5.92 Å². The minimum Gasteiger partial charge on any atom is -0.481 e. The second kappa shape index (κ2) is 10.4. The van der Waals surface area contributed by atoms with E-state index in [2.05, 4.69) is 10.1 Å². The molecular weight excluding hydrogens is 469 g/mol. The molecule has 0 radical (unpaired) electrons. The van der Waals surface area contributed by atoms with E-state index in [-0.39, 0.29) is 22.8 Å².